The molecule has 0 saturated heterocycles. The molecule has 2 N–H and O–H groups in total. The average molecular weight is 247 g/mol. The van der Waals surface area contributed by atoms with Crippen LogP contribution >= 0.6 is 0 Å². The van der Waals surface area contributed by atoms with E-state index in [-0.39, 0.29) is 0 Å². The van der Waals surface area contributed by atoms with E-state index in [0.29, 0.717) is 6.54 Å². The summed E-state index contributed by atoms with van der Waals surface area (Å²) >= 11 is 0. The summed E-state index contributed by atoms with van der Waals surface area (Å²) in [5, 5.41) is 2.54. The largest absolute Gasteiger partial charge is 0.326 e. The van der Waals surface area contributed by atoms with Gasteiger partial charge in [-0.1, -0.05) is 60.2 Å². The van der Waals surface area contributed by atoms with E-state index in [1.54, 1.807) is 0 Å². The second-order valence-corrected chi connectivity index (χ2v) is 4.93. The number of fused-ring (bicyclic) bond motifs is 1. The van der Waals surface area contributed by atoms with Crippen LogP contribution in [-0.2, 0) is 6.54 Å². The van der Waals surface area contributed by atoms with Crippen LogP contribution in [0.25, 0.3) is 21.9 Å². The average Bonchev–Trinajstić information content (AvgIpc) is 2.46. The molecule has 0 unspecified atom stereocenters. The van der Waals surface area contributed by atoms with Crippen molar-refractivity contribution in [2.24, 2.45) is 5.73 Å². The molecule has 0 fully saturated rings. The summed E-state index contributed by atoms with van der Waals surface area (Å²) in [5.74, 6) is 0. The predicted octanol–water partition coefficient (Wildman–Crippen LogP) is 4.27. The molecule has 1 nitrogen and oxygen atoms in total. The maximum absolute atomic E-state index is 5.85. The Labute approximate surface area is 113 Å². The van der Waals surface area contributed by atoms with Crippen LogP contribution in [0.5, 0.6) is 0 Å². The van der Waals surface area contributed by atoms with Gasteiger partial charge in [0.15, 0.2) is 0 Å². The lowest BCUT2D eigenvalue weighted by Crippen LogP contribution is -1.99. The molecular formula is C18H17N. The molecule has 0 aliphatic carbocycles. The molecule has 0 amide bonds. The molecule has 0 aliphatic rings. The number of hydrogen-bond donors (Lipinski definition) is 1. The highest BCUT2D eigenvalue weighted by Crippen LogP contribution is 2.28. The Kier molecular flexibility index (Phi) is 3.06. The van der Waals surface area contributed by atoms with Gasteiger partial charge in [0.2, 0.25) is 0 Å². The Morgan fingerprint density at radius 1 is 0.842 bits per heavy atom. The van der Waals surface area contributed by atoms with Gasteiger partial charge < -0.3 is 5.73 Å². The van der Waals surface area contributed by atoms with Crippen molar-refractivity contribution >= 4 is 10.8 Å². The minimum absolute atomic E-state index is 0.572. The van der Waals surface area contributed by atoms with Gasteiger partial charge in [0, 0.05) is 6.54 Å². The first kappa shape index (κ1) is 11.9. The number of rotatable bonds is 2. The first-order chi connectivity index (χ1) is 9.28. The lowest BCUT2D eigenvalue weighted by atomic mass is 9.95. The maximum atomic E-state index is 5.85. The van der Waals surface area contributed by atoms with Crippen LogP contribution in [-0.4, -0.2) is 0 Å². The van der Waals surface area contributed by atoms with Gasteiger partial charge in [-0.15, -0.1) is 0 Å². The summed E-state index contributed by atoms with van der Waals surface area (Å²) in [6, 6.07) is 21.5. The summed E-state index contributed by atoms with van der Waals surface area (Å²) in [7, 11) is 0. The molecule has 3 aromatic carbocycles. The number of nitrogens with two attached hydrogens (primary N) is 1. The highest BCUT2D eigenvalue weighted by Gasteiger charge is 2.05. The zero-order valence-corrected chi connectivity index (χ0v) is 11.1. The Bertz CT molecular complexity index is 729. The van der Waals surface area contributed by atoms with Crippen molar-refractivity contribution in [3.05, 3.63) is 71.8 Å². The van der Waals surface area contributed by atoms with E-state index < -0.39 is 0 Å². The van der Waals surface area contributed by atoms with Gasteiger partial charge in [0.25, 0.3) is 0 Å². The third-order valence-corrected chi connectivity index (χ3v) is 3.55. The zero-order chi connectivity index (χ0) is 13.2. The predicted molar refractivity (Wildman–Crippen MR) is 82.0 cm³/mol. The van der Waals surface area contributed by atoms with E-state index in [9.17, 15) is 0 Å². The quantitative estimate of drug-likeness (QED) is 0.719. The molecule has 0 spiro atoms. The molecular weight excluding hydrogens is 230 g/mol. The molecule has 3 aromatic rings. The smallest absolute Gasteiger partial charge is 0.0184 e. The van der Waals surface area contributed by atoms with E-state index >= 15 is 0 Å². The van der Waals surface area contributed by atoms with Crippen LogP contribution in [0.4, 0.5) is 0 Å². The molecule has 0 heterocycles. The Morgan fingerprint density at radius 3 is 2.42 bits per heavy atom. The summed E-state index contributed by atoms with van der Waals surface area (Å²) in [6.45, 7) is 2.69. The van der Waals surface area contributed by atoms with E-state index in [1.807, 2.05) is 0 Å². The van der Waals surface area contributed by atoms with Crippen molar-refractivity contribution in [3.8, 4) is 11.1 Å². The number of benzene rings is 3. The summed E-state index contributed by atoms with van der Waals surface area (Å²) in [6.07, 6.45) is 0. The third-order valence-electron chi connectivity index (χ3n) is 3.55. The van der Waals surface area contributed by atoms with Gasteiger partial charge in [-0.3, -0.25) is 0 Å². The number of aryl methyl sites for hydroxylation is 1. The maximum Gasteiger partial charge on any atom is 0.0184 e. The van der Waals surface area contributed by atoms with E-state index in [0.717, 1.165) is 0 Å². The molecule has 0 atom stereocenters. The van der Waals surface area contributed by atoms with Crippen molar-refractivity contribution in [2.75, 3.05) is 0 Å². The van der Waals surface area contributed by atoms with Crippen molar-refractivity contribution in [2.45, 2.75) is 13.5 Å². The molecule has 3 rings (SSSR count). The van der Waals surface area contributed by atoms with Crippen LogP contribution < -0.4 is 5.73 Å². The fraction of sp³-hybridized carbons (Fsp3) is 0.111. The summed E-state index contributed by atoms with van der Waals surface area (Å²) in [4.78, 5) is 0. The van der Waals surface area contributed by atoms with Crippen molar-refractivity contribution in [3.63, 3.8) is 0 Å². The minimum atomic E-state index is 0.572. The molecule has 0 radical (unpaired) electrons. The molecule has 94 valence electrons. The lowest BCUT2D eigenvalue weighted by molar-refractivity contribution is 1.07. The van der Waals surface area contributed by atoms with Gasteiger partial charge >= 0.3 is 0 Å². The molecule has 1 heteroatoms. The Hall–Kier alpha value is -2.12. The van der Waals surface area contributed by atoms with Gasteiger partial charge in [-0.05, 0) is 40.5 Å². The summed E-state index contributed by atoms with van der Waals surface area (Å²) in [5.41, 5.74) is 10.8. The Morgan fingerprint density at radius 2 is 1.63 bits per heavy atom. The lowest BCUT2D eigenvalue weighted by Gasteiger charge is -2.10. The van der Waals surface area contributed by atoms with Gasteiger partial charge in [-0.25, -0.2) is 0 Å². The van der Waals surface area contributed by atoms with Crippen molar-refractivity contribution in [1.82, 2.24) is 0 Å². The monoisotopic (exact) mass is 247 g/mol. The highest BCUT2D eigenvalue weighted by molar-refractivity contribution is 5.87. The van der Waals surface area contributed by atoms with Crippen LogP contribution in [0.2, 0.25) is 0 Å². The fourth-order valence-corrected chi connectivity index (χ4v) is 2.49. The third kappa shape index (κ3) is 2.25. The molecule has 0 saturated carbocycles. The Balaban J connectivity index is 2.21. The molecule has 0 aromatic heterocycles. The van der Waals surface area contributed by atoms with Crippen LogP contribution in [0, 0.1) is 6.92 Å². The van der Waals surface area contributed by atoms with Crippen molar-refractivity contribution in [1.29, 1.82) is 0 Å². The van der Waals surface area contributed by atoms with E-state index in [1.165, 1.54) is 33.0 Å². The van der Waals surface area contributed by atoms with E-state index in [4.69, 9.17) is 5.73 Å². The van der Waals surface area contributed by atoms with Crippen LogP contribution in [0.3, 0.4) is 0 Å². The highest BCUT2D eigenvalue weighted by atomic mass is 14.5. The SMILES string of the molecule is Cc1ccc(CN)c(-c2ccc3ccccc3c2)c1. The molecule has 0 bridgehead atoms. The minimum Gasteiger partial charge on any atom is -0.326 e. The van der Waals surface area contributed by atoms with E-state index in [2.05, 4.69) is 67.6 Å². The van der Waals surface area contributed by atoms with Gasteiger partial charge in [0.1, 0.15) is 0 Å². The van der Waals surface area contributed by atoms with Crippen LogP contribution in [0.15, 0.2) is 60.7 Å². The zero-order valence-electron chi connectivity index (χ0n) is 11.1. The fourth-order valence-electron chi connectivity index (χ4n) is 2.49. The van der Waals surface area contributed by atoms with Gasteiger partial charge in [0.05, 0.1) is 0 Å². The standard InChI is InChI=1S/C18H17N/c1-13-6-7-17(12-19)18(10-13)16-9-8-14-4-2-3-5-15(14)11-16/h2-11H,12,19H2,1H3. The first-order valence-electron chi connectivity index (χ1n) is 6.57. The van der Waals surface area contributed by atoms with Crippen molar-refractivity contribution < 1.29 is 0 Å². The topological polar surface area (TPSA) is 26.0 Å². The second kappa shape index (κ2) is 4.87. The summed E-state index contributed by atoms with van der Waals surface area (Å²) < 4.78 is 0. The first-order valence-corrected chi connectivity index (χ1v) is 6.57. The van der Waals surface area contributed by atoms with Gasteiger partial charge in [-0.2, -0.15) is 0 Å². The normalized spacial score (nSPS) is 10.8. The second-order valence-electron chi connectivity index (χ2n) is 4.93. The number of hydrogen-bond acceptors (Lipinski definition) is 1. The molecule has 0 aliphatic heterocycles. The molecule has 19 heavy (non-hydrogen) atoms. The van der Waals surface area contributed by atoms with Crippen LogP contribution in [0.1, 0.15) is 11.1 Å².